The summed E-state index contributed by atoms with van der Waals surface area (Å²) in [7, 11) is -4.02. The summed E-state index contributed by atoms with van der Waals surface area (Å²) in [5.41, 5.74) is 0.956. The molecule has 0 radical (unpaired) electrons. The van der Waals surface area contributed by atoms with Gasteiger partial charge in [0.2, 0.25) is 0 Å². The first-order chi connectivity index (χ1) is 5.00. The Morgan fingerprint density at radius 3 is 1.92 bits per heavy atom. The molecule has 0 bridgehead atoms. The first kappa shape index (κ1) is 12.7. The van der Waals surface area contributed by atoms with Gasteiger partial charge in [-0.25, -0.2) is 0 Å². The van der Waals surface area contributed by atoms with Gasteiger partial charge in [-0.15, -0.1) is 0 Å². The Balaban J connectivity index is 0.00000121. The van der Waals surface area contributed by atoms with Gasteiger partial charge in [0.15, 0.2) is 0 Å². The summed E-state index contributed by atoms with van der Waals surface area (Å²) in [4.78, 5) is -0.0666. The van der Waals surface area contributed by atoms with Crippen LogP contribution in [-0.4, -0.2) is 61.9 Å². The van der Waals surface area contributed by atoms with Gasteiger partial charge in [0.05, 0.1) is 4.90 Å². The SMILES string of the molecule is Cc1ccc(S(=O)(=O)O)cc1.[Ba+2]. The molecule has 5 heteroatoms. The molecule has 0 fully saturated rings. The Morgan fingerprint density at radius 2 is 1.58 bits per heavy atom. The second-order valence-corrected chi connectivity index (χ2v) is 3.71. The molecule has 0 aliphatic rings. The van der Waals surface area contributed by atoms with Crippen LogP contribution in [0, 0.1) is 6.92 Å². The zero-order chi connectivity index (χ0) is 8.48. The molecule has 0 amide bonds. The molecule has 3 nitrogen and oxygen atoms in total. The van der Waals surface area contributed by atoms with Crippen molar-refractivity contribution in [3.8, 4) is 0 Å². The van der Waals surface area contributed by atoms with Crippen LogP contribution in [0.1, 0.15) is 5.56 Å². The van der Waals surface area contributed by atoms with E-state index in [0.717, 1.165) is 5.56 Å². The third-order valence-electron chi connectivity index (χ3n) is 1.32. The summed E-state index contributed by atoms with van der Waals surface area (Å²) in [5.74, 6) is 0. The van der Waals surface area contributed by atoms with E-state index in [1.165, 1.54) is 12.1 Å². The van der Waals surface area contributed by atoms with E-state index in [4.69, 9.17) is 4.55 Å². The van der Waals surface area contributed by atoms with E-state index in [-0.39, 0.29) is 53.8 Å². The molecule has 0 aliphatic heterocycles. The molecule has 0 unspecified atom stereocenters. The molecule has 1 rings (SSSR count). The van der Waals surface area contributed by atoms with Gasteiger partial charge in [-0.2, -0.15) is 8.42 Å². The fourth-order valence-electron chi connectivity index (χ4n) is 0.710. The Hall–Kier alpha value is 0.701. The third kappa shape index (κ3) is 3.61. The smallest absolute Gasteiger partial charge is 0.282 e. The van der Waals surface area contributed by atoms with Crippen molar-refractivity contribution in [2.24, 2.45) is 0 Å². The largest absolute Gasteiger partial charge is 2.00 e. The van der Waals surface area contributed by atoms with Crippen molar-refractivity contribution in [2.45, 2.75) is 11.8 Å². The van der Waals surface area contributed by atoms with E-state index in [1.807, 2.05) is 6.92 Å². The number of benzene rings is 1. The van der Waals surface area contributed by atoms with Gasteiger partial charge in [-0.3, -0.25) is 4.55 Å². The Kier molecular flexibility index (Phi) is 5.08. The monoisotopic (exact) mass is 310 g/mol. The first-order valence-electron chi connectivity index (χ1n) is 3.04. The number of hydrogen-bond donors (Lipinski definition) is 1. The Labute approximate surface area is 112 Å². The van der Waals surface area contributed by atoms with E-state index in [2.05, 4.69) is 0 Å². The fourth-order valence-corrected chi connectivity index (χ4v) is 1.19. The van der Waals surface area contributed by atoms with Crippen LogP contribution < -0.4 is 0 Å². The molecule has 60 valence electrons. The summed E-state index contributed by atoms with van der Waals surface area (Å²) >= 11 is 0. The Morgan fingerprint density at radius 1 is 1.17 bits per heavy atom. The van der Waals surface area contributed by atoms with Crippen LogP contribution in [0.15, 0.2) is 29.2 Å². The van der Waals surface area contributed by atoms with Crippen LogP contribution in [0.2, 0.25) is 0 Å². The van der Waals surface area contributed by atoms with E-state index in [1.54, 1.807) is 12.1 Å². The van der Waals surface area contributed by atoms with E-state index in [0.29, 0.717) is 0 Å². The van der Waals surface area contributed by atoms with E-state index in [9.17, 15) is 8.42 Å². The molecule has 12 heavy (non-hydrogen) atoms. The van der Waals surface area contributed by atoms with Gasteiger partial charge in [0.25, 0.3) is 10.1 Å². The maximum Gasteiger partial charge on any atom is 2.00 e. The molecule has 0 saturated heterocycles. The van der Waals surface area contributed by atoms with Gasteiger partial charge in [0, 0.05) is 0 Å². The van der Waals surface area contributed by atoms with Crippen LogP contribution >= 0.6 is 0 Å². The fraction of sp³-hybridized carbons (Fsp3) is 0.143. The van der Waals surface area contributed by atoms with Crippen LogP contribution in [0.25, 0.3) is 0 Å². The van der Waals surface area contributed by atoms with Crippen molar-refractivity contribution in [3.05, 3.63) is 29.8 Å². The van der Waals surface area contributed by atoms with Crippen molar-refractivity contribution in [2.75, 3.05) is 0 Å². The molecule has 0 aliphatic carbocycles. The molecule has 1 aromatic carbocycles. The van der Waals surface area contributed by atoms with Crippen molar-refractivity contribution < 1.29 is 13.0 Å². The second kappa shape index (κ2) is 4.80. The van der Waals surface area contributed by atoms with Gasteiger partial charge >= 0.3 is 48.9 Å². The molecule has 0 aromatic heterocycles. The minimum absolute atomic E-state index is 0. The summed E-state index contributed by atoms with van der Waals surface area (Å²) in [5, 5.41) is 0. The summed E-state index contributed by atoms with van der Waals surface area (Å²) in [6.45, 7) is 1.84. The standard InChI is InChI=1S/C7H8O3S.Ba/c1-6-2-4-7(5-3-6)11(8,9)10;/h2-5H,1H3,(H,8,9,10);/q;+2. The topological polar surface area (TPSA) is 54.4 Å². The average Bonchev–Trinajstić information content (AvgIpc) is 1.86. The normalized spacial score (nSPS) is 10.5. The number of rotatable bonds is 1. The maximum atomic E-state index is 10.5. The Bertz CT molecular complexity index is 341. The summed E-state index contributed by atoms with van der Waals surface area (Å²) in [6, 6.07) is 5.99. The van der Waals surface area contributed by atoms with Crippen molar-refractivity contribution in [3.63, 3.8) is 0 Å². The third-order valence-corrected chi connectivity index (χ3v) is 2.19. The van der Waals surface area contributed by atoms with Crippen molar-refractivity contribution in [1.29, 1.82) is 0 Å². The minimum Gasteiger partial charge on any atom is -0.282 e. The molecule has 0 atom stereocenters. The van der Waals surface area contributed by atoms with Crippen LogP contribution in [0.4, 0.5) is 0 Å². The number of hydrogen-bond acceptors (Lipinski definition) is 2. The predicted octanol–water partition coefficient (Wildman–Crippen LogP) is 0.861. The van der Waals surface area contributed by atoms with E-state index >= 15 is 0 Å². The summed E-state index contributed by atoms with van der Waals surface area (Å²) < 4.78 is 29.6. The van der Waals surface area contributed by atoms with Gasteiger partial charge in [-0.1, -0.05) is 17.7 Å². The maximum absolute atomic E-state index is 10.5. The molecule has 0 heterocycles. The first-order valence-corrected chi connectivity index (χ1v) is 4.48. The molecular weight excluding hydrogens is 301 g/mol. The molecule has 0 spiro atoms. The molecular formula is C7H8BaO3S+2. The summed E-state index contributed by atoms with van der Waals surface area (Å²) in [6.07, 6.45) is 0. The predicted molar refractivity (Wildman–Crippen MR) is 46.7 cm³/mol. The van der Waals surface area contributed by atoms with E-state index < -0.39 is 10.1 Å². The van der Waals surface area contributed by atoms with Crippen LogP contribution in [-0.2, 0) is 10.1 Å². The molecule has 1 aromatic rings. The molecule has 1 N–H and O–H groups in total. The van der Waals surface area contributed by atoms with Crippen LogP contribution in [0.5, 0.6) is 0 Å². The zero-order valence-corrected chi connectivity index (χ0v) is 11.9. The van der Waals surface area contributed by atoms with Crippen molar-refractivity contribution in [1.82, 2.24) is 0 Å². The minimum atomic E-state index is -4.02. The quantitative estimate of drug-likeness (QED) is 0.618. The molecule has 0 saturated carbocycles. The van der Waals surface area contributed by atoms with Gasteiger partial charge < -0.3 is 0 Å². The number of aryl methyl sites for hydroxylation is 1. The zero-order valence-electron chi connectivity index (χ0n) is 6.69. The van der Waals surface area contributed by atoms with Gasteiger partial charge in [0.1, 0.15) is 0 Å². The van der Waals surface area contributed by atoms with Crippen LogP contribution in [0.3, 0.4) is 0 Å². The van der Waals surface area contributed by atoms with Crippen molar-refractivity contribution >= 4 is 59.0 Å². The average molecular weight is 310 g/mol. The second-order valence-electron chi connectivity index (χ2n) is 2.29. The van der Waals surface area contributed by atoms with Gasteiger partial charge in [-0.05, 0) is 19.1 Å².